The van der Waals surface area contributed by atoms with E-state index < -0.39 is 0 Å². The van der Waals surface area contributed by atoms with E-state index in [9.17, 15) is 0 Å². The second kappa shape index (κ2) is 5.45. The van der Waals surface area contributed by atoms with Gasteiger partial charge < -0.3 is 11.1 Å². The summed E-state index contributed by atoms with van der Waals surface area (Å²) in [5, 5.41) is 12.5. The summed E-state index contributed by atoms with van der Waals surface area (Å²) in [6, 6.07) is 15.8. The number of nitrogens with two attached hydrogens (primary N) is 1. The molecular weight excluding hydrogens is 234 g/mol. The summed E-state index contributed by atoms with van der Waals surface area (Å²) >= 11 is 0. The summed E-state index contributed by atoms with van der Waals surface area (Å²) in [5.41, 5.74) is 10.3. The maximum atomic E-state index is 9.17. The number of hydrogen-bond acceptors (Lipinski definition) is 3. The van der Waals surface area contributed by atoms with Crippen LogP contribution in [0.2, 0.25) is 0 Å². The highest BCUT2D eigenvalue weighted by Crippen LogP contribution is 2.26. The third-order valence-corrected chi connectivity index (χ3v) is 3.13. The second-order valence-electron chi connectivity index (χ2n) is 4.66. The largest absolute Gasteiger partial charge is 0.398 e. The third-order valence-electron chi connectivity index (χ3n) is 3.13. The number of nitrogens with zero attached hydrogens (tertiary/aromatic N) is 1. The average Bonchev–Trinajstić information content (AvgIpc) is 2.41. The van der Waals surface area contributed by atoms with Gasteiger partial charge in [0.25, 0.3) is 0 Å². The number of rotatable bonds is 3. The molecule has 2 aromatic carbocycles. The summed E-state index contributed by atoms with van der Waals surface area (Å²) in [7, 11) is 0. The fraction of sp³-hybridized carbons (Fsp3) is 0.188. The van der Waals surface area contributed by atoms with Gasteiger partial charge in [0.15, 0.2) is 0 Å². The molecule has 96 valence electrons. The summed E-state index contributed by atoms with van der Waals surface area (Å²) in [6.45, 7) is 4.01. The van der Waals surface area contributed by atoms with Crippen LogP contribution in [0.3, 0.4) is 0 Å². The molecule has 0 fully saturated rings. The Balaban J connectivity index is 2.27. The number of benzene rings is 2. The summed E-state index contributed by atoms with van der Waals surface area (Å²) in [6.07, 6.45) is 0. The van der Waals surface area contributed by atoms with Gasteiger partial charge in [-0.2, -0.15) is 5.26 Å². The summed E-state index contributed by atoms with van der Waals surface area (Å²) in [5.74, 6) is 0. The molecule has 0 spiro atoms. The first kappa shape index (κ1) is 13.0. The fourth-order valence-electron chi connectivity index (χ4n) is 2.09. The number of hydrogen-bond donors (Lipinski definition) is 2. The van der Waals surface area contributed by atoms with Crippen LogP contribution in [0.15, 0.2) is 42.5 Å². The lowest BCUT2D eigenvalue weighted by Crippen LogP contribution is -2.10. The lowest BCUT2D eigenvalue weighted by molar-refractivity contribution is 0.887. The van der Waals surface area contributed by atoms with Gasteiger partial charge in [-0.1, -0.05) is 24.3 Å². The van der Waals surface area contributed by atoms with Gasteiger partial charge in [0.2, 0.25) is 0 Å². The zero-order valence-electron chi connectivity index (χ0n) is 11.1. The first-order valence-corrected chi connectivity index (χ1v) is 6.23. The van der Waals surface area contributed by atoms with E-state index in [1.54, 1.807) is 0 Å². The van der Waals surface area contributed by atoms with Crippen LogP contribution in [-0.2, 0) is 0 Å². The van der Waals surface area contributed by atoms with Crippen molar-refractivity contribution < 1.29 is 0 Å². The van der Waals surface area contributed by atoms with Crippen molar-refractivity contribution in [1.29, 1.82) is 5.26 Å². The van der Waals surface area contributed by atoms with E-state index in [0.717, 1.165) is 22.5 Å². The van der Waals surface area contributed by atoms with Gasteiger partial charge in [0.05, 0.1) is 17.3 Å². The Kier molecular flexibility index (Phi) is 3.72. The van der Waals surface area contributed by atoms with E-state index in [2.05, 4.69) is 11.4 Å². The smallest absolute Gasteiger partial charge is 0.101 e. The van der Waals surface area contributed by atoms with Gasteiger partial charge in [-0.15, -0.1) is 0 Å². The van der Waals surface area contributed by atoms with Crippen LogP contribution >= 0.6 is 0 Å². The fourth-order valence-corrected chi connectivity index (χ4v) is 2.09. The van der Waals surface area contributed by atoms with Crippen LogP contribution in [0.5, 0.6) is 0 Å². The van der Waals surface area contributed by atoms with Gasteiger partial charge in [-0.3, -0.25) is 0 Å². The van der Waals surface area contributed by atoms with Crippen LogP contribution in [0.25, 0.3) is 0 Å². The van der Waals surface area contributed by atoms with Crippen LogP contribution in [-0.4, -0.2) is 0 Å². The highest BCUT2D eigenvalue weighted by molar-refractivity contribution is 5.60. The van der Waals surface area contributed by atoms with Crippen molar-refractivity contribution in [3.8, 4) is 6.07 Å². The van der Waals surface area contributed by atoms with Crippen molar-refractivity contribution in [2.24, 2.45) is 0 Å². The first-order valence-electron chi connectivity index (χ1n) is 6.23. The zero-order chi connectivity index (χ0) is 13.8. The van der Waals surface area contributed by atoms with Crippen molar-refractivity contribution in [2.45, 2.75) is 19.9 Å². The molecule has 0 bridgehead atoms. The van der Waals surface area contributed by atoms with Gasteiger partial charge in [-0.25, -0.2) is 0 Å². The Morgan fingerprint density at radius 3 is 2.63 bits per heavy atom. The highest BCUT2D eigenvalue weighted by Gasteiger charge is 2.10. The van der Waals surface area contributed by atoms with Crippen molar-refractivity contribution in [3.05, 3.63) is 59.2 Å². The van der Waals surface area contributed by atoms with Crippen molar-refractivity contribution in [1.82, 2.24) is 0 Å². The number of nitriles is 1. The molecule has 0 saturated heterocycles. The molecule has 0 aliphatic carbocycles. The number of para-hydroxylation sites is 1. The van der Waals surface area contributed by atoms with Gasteiger partial charge >= 0.3 is 0 Å². The normalized spacial score (nSPS) is 11.6. The molecule has 0 heterocycles. The average molecular weight is 251 g/mol. The van der Waals surface area contributed by atoms with Crippen LogP contribution in [0.1, 0.15) is 29.7 Å². The molecule has 0 saturated carbocycles. The van der Waals surface area contributed by atoms with Crippen molar-refractivity contribution in [2.75, 3.05) is 11.1 Å². The number of aryl methyl sites for hydroxylation is 1. The predicted octanol–water partition coefficient (Wildman–Crippen LogP) is 3.62. The molecule has 3 nitrogen and oxygen atoms in total. The molecule has 2 rings (SSSR count). The van der Waals surface area contributed by atoms with E-state index in [4.69, 9.17) is 11.0 Å². The molecular formula is C16H17N3. The molecule has 0 aliphatic heterocycles. The quantitative estimate of drug-likeness (QED) is 0.819. The summed E-state index contributed by atoms with van der Waals surface area (Å²) in [4.78, 5) is 0. The maximum Gasteiger partial charge on any atom is 0.101 e. The predicted molar refractivity (Wildman–Crippen MR) is 78.8 cm³/mol. The molecule has 2 aromatic rings. The Labute approximate surface area is 113 Å². The highest BCUT2D eigenvalue weighted by atomic mass is 14.9. The molecule has 0 amide bonds. The van der Waals surface area contributed by atoms with Crippen molar-refractivity contribution >= 4 is 11.4 Å². The van der Waals surface area contributed by atoms with E-state index in [0.29, 0.717) is 5.56 Å². The standard InChI is InChI=1S/C16H17N3/c1-11-7-8-16(13(9-11)10-17)19-12(2)14-5-3-4-6-15(14)18/h3-9,12,19H,18H2,1-2H3. The van der Waals surface area contributed by atoms with Crippen molar-refractivity contribution in [3.63, 3.8) is 0 Å². The molecule has 1 atom stereocenters. The van der Waals surface area contributed by atoms with Crippen LogP contribution in [0, 0.1) is 18.3 Å². The topological polar surface area (TPSA) is 61.8 Å². The minimum absolute atomic E-state index is 0.0519. The van der Waals surface area contributed by atoms with Crippen LogP contribution in [0.4, 0.5) is 11.4 Å². The van der Waals surface area contributed by atoms with Gasteiger partial charge in [-0.05, 0) is 43.2 Å². The number of nitrogen functional groups attached to an aromatic ring is 1. The minimum Gasteiger partial charge on any atom is -0.398 e. The number of anilines is 2. The molecule has 0 aliphatic rings. The van der Waals surface area contributed by atoms with E-state index in [1.165, 1.54) is 0 Å². The molecule has 1 unspecified atom stereocenters. The Morgan fingerprint density at radius 2 is 1.95 bits per heavy atom. The van der Waals surface area contributed by atoms with E-state index in [1.807, 2.05) is 56.3 Å². The molecule has 0 radical (unpaired) electrons. The Hall–Kier alpha value is -2.47. The Bertz CT molecular complexity index is 626. The van der Waals surface area contributed by atoms with E-state index >= 15 is 0 Å². The lowest BCUT2D eigenvalue weighted by atomic mass is 10.0. The minimum atomic E-state index is 0.0519. The SMILES string of the molecule is Cc1ccc(NC(C)c2ccccc2N)c(C#N)c1. The van der Waals surface area contributed by atoms with Crippen LogP contribution < -0.4 is 11.1 Å². The molecule has 3 N–H and O–H groups in total. The second-order valence-corrected chi connectivity index (χ2v) is 4.66. The monoisotopic (exact) mass is 251 g/mol. The van der Waals surface area contributed by atoms with Gasteiger partial charge in [0, 0.05) is 5.69 Å². The molecule has 0 aromatic heterocycles. The molecule has 3 heteroatoms. The van der Waals surface area contributed by atoms with Gasteiger partial charge in [0.1, 0.15) is 6.07 Å². The lowest BCUT2D eigenvalue weighted by Gasteiger charge is -2.18. The zero-order valence-corrected chi connectivity index (χ0v) is 11.1. The molecule has 19 heavy (non-hydrogen) atoms. The van der Waals surface area contributed by atoms with E-state index in [-0.39, 0.29) is 6.04 Å². The summed E-state index contributed by atoms with van der Waals surface area (Å²) < 4.78 is 0. The Morgan fingerprint density at radius 1 is 1.21 bits per heavy atom. The first-order chi connectivity index (χ1) is 9.11. The number of nitrogens with one attached hydrogen (secondary N) is 1. The maximum absolute atomic E-state index is 9.17. The third kappa shape index (κ3) is 2.86.